The van der Waals surface area contributed by atoms with E-state index in [0.717, 1.165) is 38.6 Å². The van der Waals surface area contributed by atoms with Gasteiger partial charge in [-0.2, -0.15) is 0 Å². The SMILES string of the molecule is CCCCCNC(C)C(CC)CCC(CCC)C(=O)O. The molecule has 0 rings (SSSR count). The molecule has 0 aliphatic carbocycles. The Morgan fingerprint density at radius 2 is 1.75 bits per heavy atom. The Bertz CT molecular complexity index is 243. The number of hydrogen-bond donors (Lipinski definition) is 2. The molecular formula is C17H35NO2. The summed E-state index contributed by atoms with van der Waals surface area (Å²) in [6.07, 6.45) is 8.52. The maximum Gasteiger partial charge on any atom is 0.306 e. The van der Waals surface area contributed by atoms with Crippen molar-refractivity contribution in [2.45, 2.75) is 85.1 Å². The lowest BCUT2D eigenvalue weighted by atomic mass is 9.87. The van der Waals surface area contributed by atoms with Crippen molar-refractivity contribution >= 4 is 5.97 Å². The van der Waals surface area contributed by atoms with Gasteiger partial charge >= 0.3 is 5.97 Å². The Balaban J connectivity index is 4.07. The van der Waals surface area contributed by atoms with E-state index in [1.807, 2.05) is 0 Å². The summed E-state index contributed by atoms with van der Waals surface area (Å²) in [4.78, 5) is 11.2. The number of carbonyl (C=O) groups is 1. The molecule has 3 unspecified atom stereocenters. The van der Waals surface area contributed by atoms with Crippen molar-refractivity contribution < 1.29 is 9.90 Å². The third-order valence-corrected chi connectivity index (χ3v) is 4.35. The van der Waals surface area contributed by atoms with Gasteiger partial charge in [0.15, 0.2) is 0 Å². The molecule has 0 heterocycles. The predicted molar refractivity (Wildman–Crippen MR) is 86.0 cm³/mol. The number of hydrogen-bond acceptors (Lipinski definition) is 2. The summed E-state index contributed by atoms with van der Waals surface area (Å²) in [6, 6.07) is 0.493. The third kappa shape index (κ3) is 8.57. The van der Waals surface area contributed by atoms with Crippen LogP contribution in [0.15, 0.2) is 0 Å². The average molecular weight is 285 g/mol. The number of unbranched alkanes of at least 4 members (excludes halogenated alkanes) is 2. The van der Waals surface area contributed by atoms with Crippen molar-refractivity contribution in [3.05, 3.63) is 0 Å². The molecular weight excluding hydrogens is 250 g/mol. The molecule has 0 aromatic carbocycles. The van der Waals surface area contributed by atoms with Gasteiger partial charge in [0, 0.05) is 6.04 Å². The van der Waals surface area contributed by atoms with Gasteiger partial charge in [-0.15, -0.1) is 0 Å². The predicted octanol–water partition coefficient (Wildman–Crippen LogP) is 4.46. The zero-order chi connectivity index (χ0) is 15.4. The van der Waals surface area contributed by atoms with Gasteiger partial charge in [-0.3, -0.25) is 4.79 Å². The van der Waals surface area contributed by atoms with Gasteiger partial charge in [-0.1, -0.05) is 46.5 Å². The largest absolute Gasteiger partial charge is 0.481 e. The molecule has 0 spiro atoms. The topological polar surface area (TPSA) is 49.3 Å². The summed E-state index contributed by atoms with van der Waals surface area (Å²) in [5, 5.41) is 12.8. The fourth-order valence-electron chi connectivity index (χ4n) is 2.83. The van der Waals surface area contributed by atoms with Crippen molar-refractivity contribution in [3.63, 3.8) is 0 Å². The summed E-state index contributed by atoms with van der Waals surface area (Å²) in [7, 11) is 0. The first-order valence-corrected chi connectivity index (χ1v) is 8.52. The van der Waals surface area contributed by atoms with E-state index in [-0.39, 0.29) is 5.92 Å². The molecule has 3 heteroatoms. The van der Waals surface area contributed by atoms with Crippen LogP contribution in [0.5, 0.6) is 0 Å². The quantitative estimate of drug-likeness (QED) is 0.491. The zero-order valence-electron chi connectivity index (χ0n) is 14.0. The molecule has 120 valence electrons. The Morgan fingerprint density at radius 1 is 1.05 bits per heavy atom. The fraction of sp³-hybridized carbons (Fsp3) is 0.941. The van der Waals surface area contributed by atoms with Gasteiger partial charge in [0.2, 0.25) is 0 Å². The second-order valence-corrected chi connectivity index (χ2v) is 6.02. The normalized spacial score (nSPS) is 15.8. The smallest absolute Gasteiger partial charge is 0.306 e. The zero-order valence-corrected chi connectivity index (χ0v) is 14.0. The van der Waals surface area contributed by atoms with Crippen LogP contribution in [0.4, 0.5) is 0 Å². The van der Waals surface area contributed by atoms with Crippen LogP contribution in [0.3, 0.4) is 0 Å². The monoisotopic (exact) mass is 285 g/mol. The molecule has 0 amide bonds. The summed E-state index contributed by atoms with van der Waals surface area (Å²) < 4.78 is 0. The van der Waals surface area contributed by atoms with Crippen LogP contribution in [-0.2, 0) is 4.79 Å². The molecule has 0 radical (unpaired) electrons. The van der Waals surface area contributed by atoms with Crippen molar-refractivity contribution in [1.29, 1.82) is 0 Å². The molecule has 0 aromatic rings. The fourth-order valence-corrected chi connectivity index (χ4v) is 2.83. The number of rotatable bonds is 13. The van der Waals surface area contributed by atoms with Crippen LogP contribution in [0, 0.1) is 11.8 Å². The molecule has 3 nitrogen and oxygen atoms in total. The summed E-state index contributed by atoms with van der Waals surface area (Å²) in [5.74, 6) is -0.179. The van der Waals surface area contributed by atoms with E-state index in [1.54, 1.807) is 0 Å². The van der Waals surface area contributed by atoms with Gasteiger partial charge in [-0.25, -0.2) is 0 Å². The van der Waals surface area contributed by atoms with Crippen LogP contribution in [0.1, 0.15) is 79.1 Å². The number of nitrogens with one attached hydrogen (secondary N) is 1. The molecule has 0 saturated carbocycles. The van der Waals surface area contributed by atoms with Crippen LogP contribution < -0.4 is 5.32 Å². The molecule has 3 atom stereocenters. The Hall–Kier alpha value is -0.570. The molecule has 0 aromatic heterocycles. The highest BCUT2D eigenvalue weighted by molar-refractivity contribution is 5.69. The highest BCUT2D eigenvalue weighted by atomic mass is 16.4. The summed E-state index contributed by atoms with van der Waals surface area (Å²) in [6.45, 7) is 9.83. The molecule has 0 fully saturated rings. The molecule has 20 heavy (non-hydrogen) atoms. The lowest BCUT2D eigenvalue weighted by molar-refractivity contribution is -0.142. The minimum Gasteiger partial charge on any atom is -0.481 e. The second-order valence-electron chi connectivity index (χ2n) is 6.02. The average Bonchev–Trinajstić information content (AvgIpc) is 2.42. The van der Waals surface area contributed by atoms with E-state index in [2.05, 4.69) is 33.0 Å². The lowest BCUT2D eigenvalue weighted by Gasteiger charge is -2.25. The molecule has 0 saturated heterocycles. The van der Waals surface area contributed by atoms with E-state index >= 15 is 0 Å². The highest BCUT2D eigenvalue weighted by Gasteiger charge is 2.20. The van der Waals surface area contributed by atoms with E-state index in [0.29, 0.717) is 12.0 Å². The maximum atomic E-state index is 11.2. The Labute approximate surface area is 125 Å². The van der Waals surface area contributed by atoms with Crippen molar-refractivity contribution in [2.75, 3.05) is 6.54 Å². The molecule has 0 bridgehead atoms. The van der Waals surface area contributed by atoms with Gasteiger partial charge in [-0.05, 0) is 45.1 Å². The van der Waals surface area contributed by atoms with Gasteiger partial charge in [0.05, 0.1) is 5.92 Å². The van der Waals surface area contributed by atoms with E-state index in [1.165, 1.54) is 19.3 Å². The first-order chi connectivity index (χ1) is 9.56. The molecule has 2 N–H and O–H groups in total. The van der Waals surface area contributed by atoms with Gasteiger partial charge < -0.3 is 10.4 Å². The highest BCUT2D eigenvalue weighted by Crippen LogP contribution is 2.22. The van der Waals surface area contributed by atoms with Gasteiger partial charge in [0.1, 0.15) is 0 Å². The van der Waals surface area contributed by atoms with Crippen molar-refractivity contribution in [1.82, 2.24) is 5.32 Å². The van der Waals surface area contributed by atoms with Crippen molar-refractivity contribution in [2.24, 2.45) is 11.8 Å². The second kappa shape index (κ2) is 12.2. The minimum atomic E-state index is -0.620. The maximum absolute atomic E-state index is 11.2. The summed E-state index contributed by atoms with van der Waals surface area (Å²) >= 11 is 0. The molecule has 0 aliphatic rings. The lowest BCUT2D eigenvalue weighted by Crippen LogP contribution is -2.34. The van der Waals surface area contributed by atoms with Crippen LogP contribution in [-0.4, -0.2) is 23.7 Å². The van der Waals surface area contributed by atoms with E-state index in [4.69, 9.17) is 0 Å². The Kier molecular flexibility index (Phi) is 11.8. The van der Waals surface area contributed by atoms with Crippen LogP contribution in [0.2, 0.25) is 0 Å². The first kappa shape index (κ1) is 19.4. The Morgan fingerprint density at radius 3 is 2.25 bits per heavy atom. The number of carboxylic acid groups (broad SMARTS) is 1. The molecule has 0 aliphatic heterocycles. The third-order valence-electron chi connectivity index (χ3n) is 4.35. The standard InChI is InChI=1S/C17H35NO2/c1-5-8-9-13-18-14(4)15(7-3)11-12-16(10-6-2)17(19)20/h14-16,18H,5-13H2,1-4H3,(H,19,20). The minimum absolute atomic E-state index is 0.152. The van der Waals surface area contributed by atoms with Crippen molar-refractivity contribution in [3.8, 4) is 0 Å². The van der Waals surface area contributed by atoms with Crippen LogP contribution >= 0.6 is 0 Å². The first-order valence-electron chi connectivity index (χ1n) is 8.52. The number of aliphatic carboxylic acids is 1. The van der Waals surface area contributed by atoms with Crippen LogP contribution in [0.25, 0.3) is 0 Å². The van der Waals surface area contributed by atoms with E-state index < -0.39 is 5.97 Å². The van der Waals surface area contributed by atoms with Gasteiger partial charge in [0.25, 0.3) is 0 Å². The summed E-state index contributed by atoms with van der Waals surface area (Å²) in [5.41, 5.74) is 0. The van der Waals surface area contributed by atoms with E-state index in [9.17, 15) is 9.90 Å². The number of carboxylic acids is 1.